The largest absolute Gasteiger partial charge is 0.332 e. The zero-order valence-electron chi connectivity index (χ0n) is 13.8. The van der Waals surface area contributed by atoms with E-state index in [-0.39, 0.29) is 5.78 Å². The molecule has 0 saturated carbocycles. The predicted octanol–water partition coefficient (Wildman–Crippen LogP) is 6.69. The molecule has 3 nitrogen and oxygen atoms in total. The molecule has 0 amide bonds. The average Bonchev–Trinajstić information content (AvgIpc) is 2.65. The van der Waals surface area contributed by atoms with Crippen molar-refractivity contribution in [2.24, 2.45) is 0 Å². The van der Waals surface area contributed by atoms with Gasteiger partial charge in [0, 0.05) is 26.9 Å². The fraction of sp³-hybridized carbons (Fsp3) is 0. The van der Waals surface area contributed by atoms with Crippen molar-refractivity contribution < 1.29 is 4.79 Å². The van der Waals surface area contributed by atoms with Crippen LogP contribution in [0.3, 0.4) is 0 Å². The number of hydrogen-bond acceptors (Lipinski definition) is 2. The highest BCUT2D eigenvalue weighted by Crippen LogP contribution is 2.27. The summed E-state index contributed by atoms with van der Waals surface area (Å²) in [6.45, 7) is 0. The first-order valence-corrected chi connectivity index (χ1v) is 9.40. The van der Waals surface area contributed by atoms with Crippen molar-refractivity contribution >= 4 is 69.3 Å². The fourth-order valence-electron chi connectivity index (χ4n) is 2.42. The van der Waals surface area contributed by atoms with Crippen molar-refractivity contribution in [2.75, 3.05) is 10.6 Å². The number of hydrogen-bond donors (Lipinski definition) is 2. The van der Waals surface area contributed by atoms with Gasteiger partial charge in [-0.25, -0.2) is 0 Å². The summed E-state index contributed by atoms with van der Waals surface area (Å²) in [4.78, 5) is 13.0. The molecular formula is C20H13Cl3N2OS. The molecule has 27 heavy (non-hydrogen) atoms. The third-order valence-electron chi connectivity index (χ3n) is 3.70. The van der Waals surface area contributed by atoms with Gasteiger partial charge < -0.3 is 10.6 Å². The van der Waals surface area contributed by atoms with E-state index in [9.17, 15) is 4.79 Å². The molecule has 0 spiro atoms. The van der Waals surface area contributed by atoms with Gasteiger partial charge in [-0.3, -0.25) is 4.79 Å². The summed E-state index contributed by atoms with van der Waals surface area (Å²) in [7, 11) is 0. The molecule has 0 unspecified atom stereocenters. The van der Waals surface area contributed by atoms with Crippen molar-refractivity contribution in [3.63, 3.8) is 0 Å². The Balaban J connectivity index is 1.86. The molecule has 7 heteroatoms. The highest BCUT2D eigenvalue weighted by molar-refractivity contribution is 7.80. The first-order valence-electron chi connectivity index (χ1n) is 7.86. The highest BCUT2D eigenvalue weighted by atomic mass is 35.5. The van der Waals surface area contributed by atoms with Crippen LogP contribution in [0.5, 0.6) is 0 Å². The van der Waals surface area contributed by atoms with Gasteiger partial charge >= 0.3 is 0 Å². The van der Waals surface area contributed by atoms with Gasteiger partial charge in [-0.05, 0) is 66.8 Å². The van der Waals surface area contributed by atoms with Crippen LogP contribution in [0.4, 0.5) is 11.4 Å². The monoisotopic (exact) mass is 434 g/mol. The summed E-state index contributed by atoms with van der Waals surface area (Å²) in [5, 5.41) is 7.84. The van der Waals surface area contributed by atoms with E-state index in [0.29, 0.717) is 37.0 Å². The molecule has 0 aliphatic heterocycles. The van der Waals surface area contributed by atoms with Crippen LogP contribution < -0.4 is 10.6 Å². The zero-order chi connectivity index (χ0) is 19.4. The van der Waals surface area contributed by atoms with Crippen LogP contribution >= 0.6 is 47.0 Å². The van der Waals surface area contributed by atoms with Crippen LogP contribution in [0.2, 0.25) is 15.1 Å². The van der Waals surface area contributed by atoms with E-state index in [0.717, 1.165) is 5.69 Å². The lowest BCUT2D eigenvalue weighted by Gasteiger charge is -2.14. The molecule has 0 saturated heterocycles. The molecule has 0 aromatic heterocycles. The number of ketones is 1. The summed E-state index contributed by atoms with van der Waals surface area (Å²) in [5.74, 6) is -0.250. The number of thiocarbonyl (C=S) groups is 1. The van der Waals surface area contributed by atoms with Crippen molar-refractivity contribution in [2.45, 2.75) is 0 Å². The summed E-state index contributed by atoms with van der Waals surface area (Å²) in [6, 6.07) is 18.9. The first-order chi connectivity index (χ1) is 12.9. The van der Waals surface area contributed by atoms with Crippen LogP contribution in [0.25, 0.3) is 0 Å². The van der Waals surface area contributed by atoms with E-state index in [4.69, 9.17) is 47.0 Å². The number of carbonyl (C=O) groups is 1. The molecule has 0 aliphatic carbocycles. The lowest BCUT2D eigenvalue weighted by molar-refractivity contribution is 0.103. The van der Waals surface area contributed by atoms with E-state index in [2.05, 4.69) is 10.6 Å². The molecule has 0 bridgehead atoms. The van der Waals surface area contributed by atoms with E-state index < -0.39 is 0 Å². The van der Waals surface area contributed by atoms with Gasteiger partial charge in [0.25, 0.3) is 0 Å². The minimum absolute atomic E-state index is 0.250. The third-order valence-corrected chi connectivity index (χ3v) is 4.72. The average molecular weight is 436 g/mol. The van der Waals surface area contributed by atoms with Gasteiger partial charge in [0.15, 0.2) is 10.9 Å². The van der Waals surface area contributed by atoms with Crippen LogP contribution in [-0.2, 0) is 0 Å². The molecule has 3 aromatic carbocycles. The Kier molecular flexibility index (Phi) is 6.34. The van der Waals surface area contributed by atoms with Crippen molar-refractivity contribution in [1.82, 2.24) is 0 Å². The maximum absolute atomic E-state index is 13.0. The van der Waals surface area contributed by atoms with Crippen LogP contribution in [0.1, 0.15) is 15.9 Å². The van der Waals surface area contributed by atoms with Gasteiger partial charge in [-0.1, -0.05) is 46.9 Å². The summed E-state index contributed by atoms with van der Waals surface area (Å²) < 4.78 is 0. The molecule has 0 fully saturated rings. The summed E-state index contributed by atoms with van der Waals surface area (Å²) >= 11 is 23.5. The Morgan fingerprint density at radius 3 is 2.15 bits per heavy atom. The summed E-state index contributed by atoms with van der Waals surface area (Å²) in [5.41, 5.74) is 2.05. The molecule has 0 heterocycles. The van der Waals surface area contributed by atoms with E-state index in [1.54, 1.807) is 66.7 Å². The third kappa shape index (κ3) is 4.99. The first kappa shape index (κ1) is 19.6. The Hall–Kier alpha value is -2.11. The molecule has 3 aromatic rings. The Bertz CT molecular complexity index is 1010. The second-order valence-electron chi connectivity index (χ2n) is 5.58. The Morgan fingerprint density at radius 1 is 0.778 bits per heavy atom. The number of benzene rings is 3. The lowest BCUT2D eigenvalue weighted by Crippen LogP contribution is -2.21. The number of rotatable bonds is 4. The Morgan fingerprint density at radius 2 is 1.44 bits per heavy atom. The maximum atomic E-state index is 13.0. The highest BCUT2D eigenvalue weighted by Gasteiger charge is 2.17. The van der Waals surface area contributed by atoms with Crippen molar-refractivity contribution in [1.29, 1.82) is 0 Å². The second kappa shape index (κ2) is 8.72. The van der Waals surface area contributed by atoms with Crippen LogP contribution in [-0.4, -0.2) is 10.9 Å². The van der Waals surface area contributed by atoms with Crippen LogP contribution in [0, 0.1) is 0 Å². The van der Waals surface area contributed by atoms with Crippen molar-refractivity contribution in [3.05, 3.63) is 92.9 Å². The minimum Gasteiger partial charge on any atom is -0.332 e. The molecule has 136 valence electrons. The van der Waals surface area contributed by atoms with Gasteiger partial charge in [0.05, 0.1) is 10.7 Å². The quantitative estimate of drug-likeness (QED) is 0.354. The molecule has 0 atom stereocenters. The predicted molar refractivity (Wildman–Crippen MR) is 118 cm³/mol. The normalized spacial score (nSPS) is 10.3. The topological polar surface area (TPSA) is 41.1 Å². The van der Waals surface area contributed by atoms with Crippen LogP contribution in [0.15, 0.2) is 66.7 Å². The van der Waals surface area contributed by atoms with Gasteiger partial charge in [-0.2, -0.15) is 0 Å². The second-order valence-corrected chi connectivity index (χ2v) is 7.27. The zero-order valence-corrected chi connectivity index (χ0v) is 16.9. The lowest BCUT2D eigenvalue weighted by atomic mass is 10.0. The number of anilines is 2. The van der Waals surface area contributed by atoms with E-state index in [1.807, 2.05) is 0 Å². The molecule has 2 N–H and O–H groups in total. The SMILES string of the molecule is O=C(c1ccccc1Cl)c1cc(Cl)ccc1NC(=S)Nc1ccc(Cl)cc1. The molecule has 0 radical (unpaired) electrons. The number of halogens is 3. The molecule has 3 rings (SSSR count). The maximum Gasteiger partial charge on any atom is 0.196 e. The molecule has 0 aliphatic rings. The van der Waals surface area contributed by atoms with Gasteiger partial charge in [0.2, 0.25) is 0 Å². The van der Waals surface area contributed by atoms with Crippen molar-refractivity contribution in [3.8, 4) is 0 Å². The van der Waals surface area contributed by atoms with E-state index in [1.165, 1.54) is 0 Å². The molecular weight excluding hydrogens is 423 g/mol. The van der Waals surface area contributed by atoms with Gasteiger partial charge in [-0.15, -0.1) is 0 Å². The Labute approximate surface area is 177 Å². The number of carbonyl (C=O) groups excluding carboxylic acids is 1. The van der Waals surface area contributed by atoms with E-state index >= 15 is 0 Å². The summed E-state index contributed by atoms with van der Waals surface area (Å²) in [6.07, 6.45) is 0. The fourth-order valence-corrected chi connectivity index (χ4v) is 3.17. The minimum atomic E-state index is -0.250. The van der Waals surface area contributed by atoms with Gasteiger partial charge in [0.1, 0.15) is 0 Å². The standard InChI is InChI=1S/C20H13Cl3N2OS/c21-12-5-8-14(9-6-12)24-20(27)25-18-10-7-13(22)11-16(18)19(26)15-3-1-2-4-17(15)23/h1-11H,(H2,24,25,27). The number of nitrogens with one attached hydrogen (secondary N) is 2. The smallest absolute Gasteiger partial charge is 0.196 e.